The Bertz CT molecular complexity index is 635. The van der Waals surface area contributed by atoms with Gasteiger partial charge in [-0.3, -0.25) is 9.89 Å². The van der Waals surface area contributed by atoms with Crippen molar-refractivity contribution in [2.75, 3.05) is 0 Å². The molecular weight excluding hydrogens is 257 g/mol. The number of halogens is 3. The van der Waals surface area contributed by atoms with Crippen LogP contribution in [-0.4, -0.2) is 9.78 Å². The van der Waals surface area contributed by atoms with Crippen LogP contribution in [0.3, 0.4) is 0 Å². The number of rotatable bonds is 2. The molecule has 0 saturated heterocycles. The molecule has 0 saturated carbocycles. The second-order valence-electron chi connectivity index (χ2n) is 4.25. The van der Waals surface area contributed by atoms with Crippen LogP contribution in [0.5, 0.6) is 0 Å². The zero-order chi connectivity index (χ0) is 14.2. The third kappa shape index (κ3) is 2.43. The molecule has 0 fully saturated rings. The molecular formula is C13H13F3N2O. The van der Waals surface area contributed by atoms with Crippen LogP contribution in [0.2, 0.25) is 0 Å². The van der Waals surface area contributed by atoms with Gasteiger partial charge >= 0.3 is 6.18 Å². The minimum Gasteiger partial charge on any atom is -0.295 e. The van der Waals surface area contributed by atoms with E-state index in [1.165, 1.54) is 16.8 Å². The molecule has 0 aliphatic heterocycles. The van der Waals surface area contributed by atoms with Gasteiger partial charge in [0.25, 0.3) is 5.56 Å². The van der Waals surface area contributed by atoms with Gasteiger partial charge in [0.05, 0.1) is 11.3 Å². The Morgan fingerprint density at radius 1 is 1.21 bits per heavy atom. The number of aryl methyl sites for hydroxylation is 1. The van der Waals surface area contributed by atoms with E-state index in [9.17, 15) is 18.0 Å². The van der Waals surface area contributed by atoms with Gasteiger partial charge < -0.3 is 0 Å². The van der Waals surface area contributed by atoms with Crippen LogP contribution < -0.4 is 5.56 Å². The molecule has 1 heterocycles. The lowest BCUT2D eigenvalue weighted by molar-refractivity contribution is -0.137. The molecule has 0 bridgehead atoms. The van der Waals surface area contributed by atoms with E-state index in [4.69, 9.17) is 0 Å². The summed E-state index contributed by atoms with van der Waals surface area (Å²) in [6.45, 7) is 3.59. The Morgan fingerprint density at radius 3 is 2.21 bits per heavy atom. The highest BCUT2D eigenvalue weighted by Crippen LogP contribution is 2.29. The standard InChI is InChI=1S/C13H13F3N2O/c1-3-11-8(2)12(19)18(17-11)10-6-4-9(5-7-10)13(14,15)16/h4-7,17H,3H2,1-2H3. The SMILES string of the molecule is CCc1[nH]n(-c2ccc(C(F)(F)F)cc2)c(=O)c1C. The molecule has 1 aromatic heterocycles. The monoisotopic (exact) mass is 270 g/mol. The molecule has 2 aromatic rings. The Labute approximate surface area is 107 Å². The van der Waals surface area contributed by atoms with Crippen LogP contribution in [0.25, 0.3) is 5.69 Å². The second-order valence-corrected chi connectivity index (χ2v) is 4.25. The summed E-state index contributed by atoms with van der Waals surface area (Å²) in [5.41, 5.74) is 0.785. The Morgan fingerprint density at radius 2 is 1.79 bits per heavy atom. The summed E-state index contributed by atoms with van der Waals surface area (Å²) < 4.78 is 38.6. The van der Waals surface area contributed by atoms with Crippen molar-refractivity contribution in [3.05, 3.63) is 51.4 Å². The van der Waals surface area contributed by atoms with Gasteiger partial charge in [-0.1, -0.05) is 6.92 Å². The first kappa shape index (κ1) is 13.5. The topological polar surface area (TPSA) is 37.8 Å². The number of aromatic amines is 1. The van der Waals surface area contributed by atoms with Crippen LogP contribution in [0.1, 0.15) is 23.7 Å². The largest absolute Gasteiger partial charge is 0.416 e. The van der Waals surface area contributed by atoms with Gasteiger partial charge in [-0.25, -0.2) is 4.68 Å². The van der Waals surface area contributed by atoms with Crippen LogP contribution in [0.4, 0.5) is 13.2 Å². The van der Waals surface area contributed by atoms with Gasteiger partial charge in [0.2, 0.25) is 0 Å². The zero-order valence-corrected chi connectivity index (χ0v) is 10.5. The van der Waals surface area contributed by atoms with E-state index in [0.29, 0.717) is 17.7 Å². The van der Waals surface area contributed by atoms with Gasteiger partial charge in [0.15, 0.2) is 0 Å². The molecule has 0 unspecified atom stereocenters. The molecule has 0 aliphatic carbocycles. The highest BCUT2D eigenvalue weighted by Gasteiger charge is 2.30. The number of nitrogens with one attached hydrogen (secondary N) is 1. The van der Waals surface area contributed by atoms with Crippen molar-refractivity contribution < 1.29 is 13.2 Å². The summed E-state index contributed by atoms with van der Waals surface area (Å²) in [4.78, 5) is 11.9. The molecule has 0 spiro atoms. The Kier molecular flexibility index (Phi) is 3.26. The average molecular weight is 270 g/mol. The lowest BCUT2D eigenvalue weighted by atomic mass is 10.2. The van der Waals surface area contributed by atoms with E-state index in [2.05, 4.69) is 5.10 Å². The van der Waals surface area contributed by atoms with E-state index in [1.54, 1.807) is 6.92 Å². The lowest BCUT2D eigenvalue weighted by Crippen LogP contribution is -2.16. The molecule has 0 radical (unpaired) electrons. The van der Waals surface area contributed by atoms with Crippen molar-refractivity contribution in [2.45, 2.75) is 26.4 Å². The van der Waals surface area contributed by atoms with Crippen LogP contribution in [-0.2, 0) is 12.6 Å². The van der Waals surface area contributed by atoms with Crippen molar-refractivity contribution in [3.8, 4) is 5.69 Å². The fraction of sp³-hybridized carbons (Fsp3) is 0.308. The summed E-state index contributed by atoms with van der Waals surface area (Å²) in [6.07, 6.45) is -3.71. The molecule has 0 atom stereocenters. The number of hydrogen-bond acceptors (Lipinski definition) is 1. The molecule has 19 heavy (non-hydrogen) atoms. The molecule has 0 amide bonds. The van der Waals surface area contributed by atoms with Crippen molar-refractivity contribution in [2.24, 2.45) is 0 Å². The summed E-state index contributed by atoms with van der Waals surface area (Å²) in [5, 5.41) is 2.90. The van der Waals surface area contributed by atoms with Crippen molar-refractivity contribution >= 4 is 0 Å². The third-order valence-corrected chi connectivity index (χ3v) is 3.03. The lowest BCUT2D eigenvalue weighted by Gasteiger charge is -2.07. The first-order chi connectivity index (χ1) is 8.84. The van der Waals surface area contributed by atoms with E-state index < -0.39 is 11.7 Å². The number of benzene rings is 1. The number of H-pyrrole nitrogens is 1. The van der Waals surface area contributed by atoms with Gasteiger partial charge in [-0.15, -0.1) is 0 Å². The molecule has 0 aliphatic rings. The Hall–Kier alpha value is -1.98. The van der Waals surface area contributed by atoms with Crippen LogP contribution >= 0.6 is 0 Å². The van der Waals surface area contributed by atoms with E-state index in [1.807, 2.05) is 6.92 Å². The van der Waals surface area contributed by atoms with Crippen molar-refractivity contribution in [3.63, 3.8) is 0 Å². The summed E-state index contributed by atoms with van der Waals surface area (Å²) in [6, 6.07) is 4.48. The molecule has 1 aromatic carbocycles. The summed E-state index contributed by atoms with van der Waals surface area (Å²) >= 11 is 0. The highest BCUT2D eigenvalue weighted by molar-refractivity contribution is 5.36. The molecule has 102 valence electrons. The first-order valence-corrected chi connectivity index (χ1v) is 5.82. The summed E-state index contributed by atoms with van der Waals surface area (Å²) in [5.74, 6) is 0. The fourth-order valence-corrected chi connectivity index (χ4v) is 1.89. The maximum atomic E-state index is 12.4. The zero-order valence-electron chi connectivity index (χ0n) is 10.5. The van der Waals surface area contributed by atoms with E-state index >= 15 is 0 Å². The quantitative estimate of drug-likeness (QED) is 0.894. The molecule has 1 N–H and O–H groups in total. The maximum Gasteiger partial charge on any atom is 0.416 e. The minimum atomic E-state index is -4.37. The highest BCUT2D eigenvalue weighted by atomic mass is 19.4. The van der Waals surface area contributed by atoms with Crippen LogP contribution in [0, 0.1) is 6.92 Å². The minimum absolute atomic E-state index is 0.239. The number of aromatic nitrogens is 2. The van der Waals surface area contributed by atoms with Gasteiger partial charge in [-0.05, 0) is 37.6 Å². The number of alkyl halides is 3. The van der Waals surface area contributed by atoms with Crippen molar-refractivity contribution in [1.29, 1.82) is 0 Å². The fourth-order valence-electron chi connectivity index (χ4n) is 1.89. The van der Waals surface area contributed by atoms with E-state index in [0.717, 1.165) is 17.8 Å². The van der Waals surface area contributed by atoms with Crippen LogP contribution in [0.15, 0.2) is 29.1 Å². The first-order valence-electron chi connectivity index (χ1n) is 5.82. The molecule has 2 rings (SSSR count). The summed E-state index contributed by atoms with van der Waals surface area (Å²) in [7, 11) is 0. The average Bonchev–Trinajstić information content (AvgIpc) is 2.65. The normalized spacial score (nSPS) is 11.8. The molecule has 6 heteroatoms. The van der Waals surface area contributed by atoms with Gasteiger partial charge in [-0.2, -0.15) is 13.2 Å². The predicted molar refractivity (Wildman–Crippen MR) is 65.5 cm³/mol. The van der Waals surface area contributed by atoms with Gasteiger partial charge in [0.1, 0.15) is 0 Å². The number of nitrogens with zero attached hydrogens (tertiary/aromatic N) is 1. The third-order valence-electron chi connectivity index (χ3n) is 3.03. The van der Waals surface area contributed by atoms with Crippen molar-refractivity contribution in [1.82, 2.24) is 9.78 Å². The predicted octanol–water partition coefficient (Wildman–Crippen LogP) is 3.06. The second kappa shape index (κ2) is 4.60. The molecule has 3 nitrogen and oxygen atoms in total. The van der Waals surface area contributed by atoms with Gasteiger partial charge in [0, 0.05) is 11.3 Å². The number of hydrogen-bond donors (Lipinski definition) is 1. The maximum absolute atomic E-state index is 12.4. The van der Waals surface area contributed by atoms with E-state index in [-0.39, 0.29) is 5.56 Å². The Balaban J connectivity index is 2.46. The smallest absolute Gasteiger partial charge is 0.295 e.